The van der Waals surface area contributed by atoms with E-state index in [1.54, 1.807) is 24.6 Å². The van der Waals surface area contributed by atoms with Gasteiger partial charge in [-0.3, -0.25) is 24.0 Å². The quantitative estimate of drug-likeness (QED) is 0.243. The molecule has 1 saturated heterocycles. The summed E-state index contributed by atoms with van der Waals surface area (Å²) < 4.78 is 74.3. The number of Topliss-reactive ketones (excluding diaryl/α,β-unsaturated/α-hetero) is 2. The number of benzene rings is 1. The van der Waals surface area contributed by atoms with Crippen molar-refractivity contribution in [3.8, 4) is 0 Å². The molecule has 0 saturated carbocycles. The molecule has 3 amide bonds. The molecule has 2 aromatic rings. The number of amides is 3. The number of rotatable bonds is 11. The minimum atomic E-state index is -5.77. The first kappa shape index (κ1) is 37.9. The number of halogens is 6. The number of carbonyl (C=O) groups excluding carboxylic acids is 5. The number of hydrogen-bond donors (Lipinski definition) is 3. The number of alkyl halides is 6. The number of nitrogens with one attached hydrogen (secondary N) is 2. The number of ether oxygens (including phenoxy) is 1. The smallest absolute Gasteiger partial charge is 0.374 e. The van der Waals surface area contributed by atoms with E-state index in [2.05, 4.69) is 22.5 Å². The minimum Gasteiger partial charge on any atom is -0.374 e. The fourth-order valence-corrected chi connectivity index (χ4v) is 3.80. The van der Waals surface area contributed by atoms with Crippen LogP contribution in [0.1, 0.15) is 32.8 Å². The van der Waals surface area contributed by atoms with Gasteiger partial charge in [0.2, 0.25) is 11.8 Å². The molecule has 12 nitrogen and oxygen atoms in total. The summed E-state index contributed by atoms with van der Waals surface area (Å²) in [5.74, 6) is -6.98. The van der Waals surface area contributed by atoms with E-state index in [4.69, 9.17) is 10.5 Å². The van der Waals surface area contributed by atoms with Crippen LogP contribution in [0, 0.1) is 5.92 Å². The van der Waals surface area contributed by atoms with Crippen LogP contribution < -0.4 is 16.4 Å². The van der Waals surface area contributed by atoms with Crippen molar-refractivity contribution in [1.29, 1.82) is 0 Å². The maximum absolute atomic E-state index is 12.9. The zero-order chi connectivity index (χ0) is 34.9. The molecule has 2 atom stereocenters. The molecule has 1 aromatic carbocycles. The number of nitrogens with two attached hydrogens (primary N) is 1. The molecule has 46 heavy (non-hydrogen) atoms. The molecular formula is C28H34F6N6O6. The van der Waals surface area contributed by atoms with Crippen molar-refractivity contribution < 1.29 is 55.1 Å². The molecule has 18 heteroatoms. The van der Waals surface area contributed by atoms with Crippen LogP contribution in [0.2, 0.25) is 0 Å². The average Bonchev–Trinajstić information content (AvgIpc) is 3.59. The second-order valence-corrected chi connectivity index (χ2v) is 11.1. The van der Waals surface area contributed by atoms with Crippen LogP contribution in [0.25, 0.3) is 0 Å². The second-order valence-electron chi connectivity index (χ2n) is 11.1. The number of likely N-dealkylation sites (tertiary alicyclic amines) is 1. The van der Waals surface area contributed by atoms with Crippen molar-refractivity contribution in [3.63, 3.8) is 0 Å². The molecule has 1 unspecified atom stereocenters. The largest absolute Gasteiger partial charge is 0.458 e. The summed E-state index contributed by atoms with van der Waals surface area (Å²) in [5, 5.41) is 5.33. The van der Waals surface area contributed by atoms with E-state index in [1.807, 2.05) is 35.2 Å². The molecule has 4 N–H and O–H groups in total. The monoisotopic (exact) mass is 664 g/mol. The highest BCUT2D eigenvalue weighted by Crippen LogP contribution is 2.24. The van der Waals surface area contributed by atoms with Gasteiger partial charge in [-0.05, 0) is 31.7 Å². The third-order valence-corrected chi connectivity index (χ3v) is 6.30. The summed E-state index contributed by atoms with van der Waals surface area (Å²) in [6, 6.07) is 8.54. The predicted octanol–water partition coefficient (Wildman–Crippen LogP) is 2.38. The van der Waals surface area contributed by atoms with Gasteiger partial charge in [0, 0.05) is 19.3 Å². The molecule has 254 valence electrons. The molecule has 1 aromatic heterocycles. The predicted molar refractivity (Wildman–Crippen MR) is 150 cm³/mol. The van der Waals surface area contributed by atoms with E-state index in [1.165, 1.54) is 6.33 Å². The summed E-state index contributed by atoms with van der Waals surface area (Å²) in [7, 11) is 0. The first-order valence-corrected chi connectivity index (χ1v) is 13.7. The summed E-state index contributed by atoms with van der Waals surface area (Å²) in [5.41, 5.74) is 5.66. The number of ketones is 2. The van der Waals surface area contributed by atoms with Crippen LogP contribution in [0.4, 0.5) is 32.2 Å². The lowest BCUT2D eigenvalue weighted by atomic mass is 10.1. The molecule has 1 aliphatic heterocycles. The lowest BCUT2D eigenvalue weighted by Gasteiger charge is -2.23. The number of aromatic nitrogens is 2. The SMILES string of the molecule is CC1CCN(C(=O)Cn2cnc(NC(=O)[C@@H](COCc3ccccc3)NC(=O)C(C)(C)N)c2)C1.O=C(C(=O)C(F)(F)F)C(F)(F)F. The maximum atomic E-state index is 12.9. The number of hydrogen-bond acceptors (Lipinski definition) is 8. The molecule has 3 rings (SSSR count). The Labute approximate surface area is 259 Å². The number of imidazole rings is 1. The third-order valence-electron chi connectivity index (χ3n) is 6.30. The van der Waals surface area contributed by atoms with Gasteiger partial charge < -0.3 is 30.6 Å². The Hall–Kier alpha value is -4.32. The Balaban J connectivity index is 0.000000521. The van der Waals surface area contributed by atoms with Crippen molar-refractivity contribution in [2.45, 2.75) is 64.3 Å². The normalized spacial score (nSPS) is 15.8. The highest BCUT2D eigenvalue weighted by molar-refractivity contribution is 6.41. The van der Waals surface area contributed by atoms with Gasteiger partial charge in [-0.2, -0.15) is 26.3 Å². The van der Waals surface area contributed by atoms with E-state index in [-0.39, 0.29) is 24.9 Å². The lowest BCUT2D eigenvalue weighted by molar-refractivity contribution is -0.193. The molecule has 0 aliphatic carbocycles. The molecule has 0 bridgehead atoms. The van der Waals surface area contributed by atoms with Crippen LogP contribution in [0.5, 0.6) is 0 Å². The van der Waals surface area contributed by atoms with E-state index >= 15 is 0 Å². The standard InChI is InChI=1S/C24H34N6O4.C4F6O2/c1-17-9-10-30(11-17)21(31)13-29-12-20(26-16-29)28-22(32)19(27-23(33)24(2,3)25)15-34-14-18-7-5-4-6-8-18;5-3(6,7)1(11)2(12)4(8,9)10/h4-8,12,16-17,19H,9-11,13-15,25H2,1-3H3,(H,27,33)(H,28,32);/t17?,19-;/m1./s1. The van der Waals surface area contributed by atoms with Crippen LogP contribution in [-0.4, -0.2) is 87.4 Å². The van der Waals surface area contributed by atoms with E-state index in [0.29, 0.717) is 12.5 Å². The number of carbonyl (C=O) groups is 5. The molecule has 0 radical (unpaired) electrons. The lowest BCUT2D eigenvalue weighted by Crippen LogP contribution is -2.56. The fourth-order valence-electron chi connectivity index (χ4n) is 3.80. The van der Waals surface area contributed by atoms with Crippen molar-refractivity contribution >= 4 is 35.1 Å². The first-order chi connectivity index (χ1) is 21.2. The summed E-state index contributed by atoms with van der Waals surface area (Å²) in [6.07, 6.45) is -7.45. The van der Waals surface area contributed by atoms with E-state index in [9.17, 15) is 50.3 Å². The minimum absolute atomic E-state index is 0.0178. The van der Waals surface area contributed by atoms with Crippen LogP contribution >= 0.6 is 0 Å². The summed E-state index contributed by atoms with van der Waals surface area (Å²) in [6.45, 7) is 7.16. The van der Waals surface area contributed by atoms with Crippen molar-refractivity contribution in [3.05, 3.63) is 48.4 Å². The van der Waals surface area contributed by atoms with Gasteiger partial charge >= 0.3 is 23.9 Å². The Bertz CT molecular complexity index is 1350. The average molecular weight is 665 g/mol. The third kappa shape index (κ3) is 12.2. The molecule has 1 fully saturated rings. The van der Waals surface area contributed by atoms with Gasteiger partial charge in [0.25, 0.3) is 5.91 Å². The van der Waals surface area contributed by atoms with Gasteiger partial charge in [0.1, 0.15) is 12.6 Å². The Kier molecular flexibility index (Phi) is 13.0. The van der Waals surface area contributed by atoms with Gasteiger partial charge in [0.15, 0.2) is 5.82 Å². The zero-order valence-corrected chi connectivity index (χ0v) is 25.1. The molecule has 2 heterocycles. The van der Waals surface area contributed by atoms with Gasteiger partial charge in [0.05, 0.1) is 25.1 Å². The zero-order valence-electron chi connectivity index (χ0n) is 25.1. The second kappa shape index (κ2) is 15.8. The number of anilines is 1. The maximum Gasteiger partial charge on any atom is 0.458 e. The van der Waals surface area contributed by atoms with Gasteiger partial charge in [-0.25, -0.2) is 4.98 Å². The summed E-state index contributed by atoms with van der Waals surface area (Å²) >= 11 is 0. The van der Waals surface area contributed by atoms with E-state index in [0.717, 1.165) is 25.1 Å². The van der Waals surface area contributed by atoms with Gasteiger partial charge in [-0.1, -0.05) is 37.3 Å². The van der Waals surface area contributed by atoms with Crippen LogP contribution in [0.3, 0.4) is 0 Å². The van der Waals surface area contributed by atoms with Gasteiger partial charge in [-0.15, -0.1) is 0 Å². The van der Waals surface area contributed by atoms with Crippen molar-refractivity contribution in [2.24, 2.45) is 11.7 Å². The molecular weight excluding hydrogens is 630 g/mol. The molecule has 0 spiro atoms. The highest BCUT2D eigenvalue weighted by atomic mass is 19.4. The Morgan fingerprint density at radius 2 is 1.61 bits per heavy atom. The molecule has 1 aliphatic rings. The van der Waals surface area contributed by atoms with Crippen LogP contribution in [-0.2, 0) is 41.9 Å². The fraction of sp³-hybridized carbons (Fsp3) is 0.500. The number of nitrogens with zero attached hydrogens (tertiary/aromatic N) is 3. The topological polar surface area (TPSA) is 166 Å². The van der Waals surface area contributed by atoms with Crippen molar-refractivity contribution in [1.82, 2.24) is 19.8 Å². The first-order valence-electron chi connectivity index (χ1n) is 13.7. The highest BCUT2D eigenvalue weighted by Gasteiger charge is 2.54. The van der Waals surface area contributed by atoms with Crippen LogP contribution in [0.15, 0.2) is 42.9 Å². The summed E-state index contributed by atoms with van der Waals surface area (Å²) in [4.78, 5) is 63.0. The van der Waals surface area contributed by atoms with E-state index < -0.39 is 47.3 Å². The van der Waals surface area contributed by atoms with Crippen molar-refractivity contribution in [2.75, 3.05) is 25.0 Å². The Morgan fingerprint density at radius 1 is 1.02 bits per heavy atom. The Morgan fingerprint density at radius 3 is 2.11 bits per heavy atom.